The number of carbonyl (C=O) groups is 1. The molecule has 0 radical (unpaired) electrons. The Morgan fingerprint density at radius 1 is 1.41 bits per heavy atom. The van der Waals surface area contributed by atoms with Crippen LogP contribution in [-0.4, -0.2) is 42.0 Å². The van der Waals surface area contributed by atoms with E-state index in [1.807, 2.05) is 36.2 Å². The largest absolute Gasteiger partial charge is 0.334 e. The number of likely N-dealkylation sites (N-methyl/N-ethyl adjacent to an activating group) is 1. The fourth-order valence-electron chi connectivity index (χ4n) is 3.01. The molecule has 1 aliphatic rings. The number of para-hydroxylation sites is 1. The van der Waals surface area contributed by atoms with Gasteiger partial charge >= 0.3 is 0 Å². The van der Waals surface area contributed by atoms with Crippen LogP contribution < -0.4 is 10.9 Å². The number of nitrogens with zero attached hydrogens (tertiary/aromatic N) is 1. The Bertz CT molecular complexity index is 729. The molecule has 1 fully saturated rings. The van der Waals surface area contributed by atoms with Gasteiger partial charge in [-0.15, -0.1) is 12.4 Å². The van der Waals surface area contributed by atoms with Gasteiger partial charge in [-0.25, -0.2) is 0 Å². The minimum absolute atomic E-state index is 0. The first-order valence-electron chi connectivity index (χ1n) is 7.28. The standard InChI is InChI=1S/C16H19N3O2.ClH/c1-17-10-12-6-4-8-19(12)16(21)13-9-11-5-2-3-7-14(11)18-15(13)20;/h2-3,5,7,9,12,17H,4,6,8,10H2,1H3,(H,18,20);1H. The number of benzene rings is 1. The second-order valence-electron chi connectivity index (χ2n) is 5.45. The maximum atomic E-state index is 12.7. The van der Waals surface area contributed by atoms with Crippen LogP contribution in [0.2, 0.25) is 0 Å². The highest BCUT2D eigenvalue weighted by molar-refractivity contribution is 5.97. The number of H-pyrrole nitrogens is 1. The second-order valence-corrected chi connectivity index (χ2v) is 5.45. The van der Waals surface area contributed by atoms with Crippen molar-refractivity contribution in [2.24, 2.45) is 0 Å². The summed E-state index contributed by atoms with van der Waals surface area (Å²) in [6.45, 7) is 1.48. The highest BCUT2D eigenvalue weighted by Crippen LogP contribution is 2.19. The van der Waals surface area contributed by atoms with Gasteiger partial charge in [-0.1, -0.05) is 18.2 Å². The van der Waals surface area contributed by atoms with E-state index in [1.54, 1.807) is 6.07 Å². The molecule has 0 aliphatic carbocycles. The number of hydrogen-bond donors (Lipinski definition) is 2. The van der Waals surface area contributed by atoms with E-state index < -0.39 is 0 Å². The second kappa shape index (κ2) is 6.94. The summed E-state index contributed by atoms with van der Waals surface area (Å²) in [7, 11) is 1.88. The number of hydrogen-bond acceptors (Lipinski definition) is 3. The Kier molecular flexibility index (Phi) is 5.21. The summed E-state index contributed by atoms with van der Waals surface area (Å²) in [5, 5.41) is 3.99. The number of rotatable bonds is 3. The van der Waals surface area contributed by atoms with Gasteiger partial charge in [-0.05, 0) is 37.4 Å². The van der Waals surface area contributed by atoms with E-state index in [4.69, 9.17) is 0 Å². The quantitative estimate of drug-likeness (QED) is 0.905. The van der Waals surface area contributed by atoms with E-state index in [-0.39, 0.29) is 35.5 Å². The molecule has 0 spiro atoms. The Morgan fingerprint density at radius 2 is 2.18 bits per heavy atom. The molecule has 1 atom stereocenters. The van der Waals surface area contributed by atoms with E-state index in [9.17, 15) is 9.59 Å². The van der Waals surface area contributed by atoms with Crippen LogP contribution >= 0.6 is 12.4 Å². The van der Waals surface area contributed by atoms with E-state index in [0.29, 0.717) is 0 Å². The smallest absolute Gasteiger partial charge is 0.261 e. The summed E-state index contributed by atoms with van der Waals surface area (Å²) >= 11 is 0. The van der Waals surface area contributed by atoms with Gasteiger partial charge in [0.15, 0.2) is 0 Å². The van der Waals surface area contributed by atoms with Crippen molar-refractivity contribution >= 4 is 29.2 Å². The fraction of sp³-hybridized carbons (Fsp3) is 0.375. The summed E-state index contributed by atoms with van der Waals surface area (Å²) in [5.41, 5.74) is 0.678. The van der Waals surface area contributed by atoms with Crippen LogP contribution in [-0.2, 0) is 0 Å². The van der Waals surface area contributed by atoms with E-state index >= 15 is 0 Å². The third-order valence-corrected chi connectivity index (χ3v) is 4.06. The molecule has 1 saturated heterocycles. The van der Waals surface area contributed by atoms with Crippen LogP contribution in [0.4, 0.5) is 0 Å². The van der Waals surface area contributed by atoms with E-state index in [1.165, 1.54) is 0 Å². The summed E-state index contributed by atoms with van der Waals surface area (Å²) < 4.78 is 0. The number of halogens is 1. The van der Waals surface area contributed by atoms with Crippen LogP contribution in [0.25, 0.3) is 10.9 Å². The van der Waals surface area contributed by atoms with Crippen molar-refractivity contribution < 1.29 is 4.79 Å². The normalized spacial score (nSPS) is 17.5. The van der Waals surface area contributed by atoms with Gasteiger partial charge in [0.2, 0.25) is 0 Å². The molecule has 5 nitrogen and oxygen atoms in total. The summed E-state index contributed by atoms with van der Waals surface area (Å²) in [6.07, 6.45) is 1.97. The maximum Gasteiger partial charge on any atom is 0.261 e. The monoisotopic (exact) mass is 321 g/mol. The lowest BCUT2D eigenvalue weighted by Crippen LogP contribution is -2.42. The van der Waals surface area contributed by atoms with Gasteiger partial charge in [0.25, 0.3) is 11.5 Å². The molecule has 22 heavy (non-hydrogen) atoms. The molecule has 1 aromatic carbocycles. The molecule has 1 unspecified atom stereocenters. The highest BCUT2D eigenvalue weighted by Gasteiger charge is 2.30. The molecule has 3 rings (SSSR count). The van der Waals surface area contributed by atoms with E-state index in [2.05, 4.69) is 10.3 Å². The average Bonchev–Trinajstić information content (AvgIpc) is 2.94. The molecule has 1 aliphatic heterocycles. The Balaban J connectivity index is 0.00000176. The lowest BCUT2D eigenvalue weighted by Gasteiger charge is -2.24. The van der Waals surface area contributed by atoms with Gasteiger partial charge in [0.05, 0.1) is 0 Å². The Morgan fingerprint density at radius 3 is 2.95 bits per heavy atom. The molecule has 2 aromatic rings. The van der Waals surface area contributed by atoms with Crippen molar-refractivity contribution in [1.82, 2.24) is 15.2 Å². The van der Waals surface area contributed by atoms with Crippen molar-refractivity contribution in [2.75, 3.05) is 20.1 Å². The molecule has 1 aromatic heterocycles. The zero-order valence-electron chi connectivity index (χ0n) is 12.5. The van der Waals surface area contributed by atoms with E-state index in [0.717, 1.165) is 36.8 Å². The predicted molar refractivity (Wildman–Crippen MR) is 89.8 cm³/mol. The number of aromatic amines is 1. The maximum absolute atomic E-state index is 12.7. The topological polar surface area (TPSA) is 65.2 Å². The lowest BCUT2D eigenvalue weighted by molar-refractivity contribution is 0.0735. The fourth-order valence-corrected chi connectivity index (χ4v) is 3.01. The zero-order chi connectivity index (χ0) is 14.8. The first-order valence-corrected chi connectivity index (χ1v) is 7.28. The van der Waals surface area contributed by atoms with Gasteiger partial charge in [-0.3, -0.25) is 9.59 Å². The van der Waals surface area contributed by atoms with Crippen LogP contribution in [0.1, 0.15) is 23.2 Å². The molecule has 2 N–H and O–H groups in total. The molecule has 2 heterocycles. The zero-order valence-corrected chi connectivity index (χ0v) is 13.3. The van der Waals surface area contributed by atoms with Gasteiger partial charge in [0.1, 0.15) is 5.56 Å². The number of nitrogens with one attached hydrogen (secondary N) is 2. The SMILES string of the molecule is CNCC1CCCN1C(=O)c1cc2ccccc2[nH]c1=O.Cl. The molecular formula is C16H20ClN3O2. The minimum atomic E-state index is -0.311. The highest BCUT2D eigenvalue weighted by atomic mass is 35.5. The van der Waals surface area contributed by atoms with Gasteiger partial charge < -0.3 is 15.2 Å². The number of fused-ring (bicyclic) bond motifs is 1. The molecule has 118 valence electrons. The number of pyridine rings is 1. The van der Waals surface area contributed by atoms with Crippen LogP contribution in [0.15, 0.2) is 35.1 Å². The van der Waals surface area contributed by atoms with Crippen LogP contribution in [0, 0.1) is 0 Å². The molecular weight excluding hydrogens is 302 g/mol. The first-order chi connectivity index (χ1) is 10.2. The van der Waals surface area contributed by atoms with Crippen molar-refractivity contribution in [3.63, 3.8) is 0 Å². The lowest BCUT2D eigenvalue weighted by atomic mass is 10.1. The Labute approximate surface area is 135 Å². The summed E-state index contributed by atoms with van der Waals surface area (Å²) in [4.78, 5) is 29.5. The third kappa shape index (κ3) is 3.00. The molecule has 0 saturated carbocycles. The van der Waals surface area contributed by atoms with Gasteiger partial charge in [0, 0.05) is 24.6 Å². The van der Waals surface area contributed by atoms with Crippen molar-refractivity contribution in [3.05, 3.63) is 46.2 Å². The number of likely N-dealkylation sites (tertiary alicyclic amines) is 1. The third-order valence-electron chi connectivity index (χ3n) is 4.06. The Hall–Kier alpha value is -1.85. The number of aromatic nitrogens is 1. The predicted octanol–water partition coefficient (Wildman–Crippen LogP) is 1.77. The van der Waals surface area contributed by atoms with Crippen LogP contribution in [0.5, 0.6) is 0 Å². The number of carbonyl (C=O) groups excluding carboxylic acids is 1. The minimum Gasteiger partial charge on any atom is -0.334 e. The first kappa shape index (κ1) is 16.5. The van der Waals surface area contributed by atoms with Crippen molar-refractivity contribution in [2.45, 2.75) is 18.9 Å². The number of amides is 1. The summed E-state index contributed by atoms with van der Waals surface area (Å²) in [6, 6.07) is 9.37. The molecule has 0 bridgehead atoms. The van der Waals surface area contributed by atoms with Crippen molar-refractivity contribution in [3.8, 4) is 0 Å². The van der Waals surface area contributed by atoms with Crippen molar-refractivity contribution in [1.29, 1.82) is 0 Å². The van der Waals surface area contributed by atoms with Gasteiger partial charge in [-0.2, -0.15) is 0 Å². The van der Waals surface area contributed by atoms with Crippen LogP contribution in [0.3, 0.4) is 0 Å². The average molecular weight is 322 g/mol. The summed E-state index contributed by atoms with van der Waals surface area (Å²) in [5.74, 6) is -0.167. The molecule has 6 heteroatoms. The molecule has 1 amide bonds.